The van der Waals surface area contributed by atoms with Crippen LogP contribution in [0.1, 0.15) is 12.5 Å². The Hall–Kier alpha value is -1.07. The SMILES string of the molecule is CC1N=C(N2CCNCC2)c2cscc2N1. The number of rotatable bonds is 0. The molecule has 2 aliphatic rings. The molecule has 1 saturated heterocycles. The molecule has 1 unspecified atom stereocenters. The summed E-state index contributed by atoms with van der Waals surface area (Å²) in [6.07, 6.45) is 0.187. The van der Waals surface area contributed by atoms with Crippen LogP contribution >= 0.6 is 11.3 Å². The largest absolute Gasteiger partial charge is 0.363 e. The highest BCUT2D eigenvalue weighted by molar-refractivity contribution is 7.08. The lowest BCUT2D eigenvalue weighted by atomic mass is 10.2. The summed E-state index contributed by atoms with van der Waals surface area (Å²) in [6, 6.07) is 0. The number of piperazine rings is 1. The van der Waals surface area contributed by atoms with Crippen molar-refractivity contribution in [3.05, 3.63) is 16.3 Å². The highest BCUT2D eigenvalue weighted by Gasteiger charge is 2.23. The van der Waals surface area contributed by atoms with Crippen LogP contribution in [0.4, 0.5) is 5.69 Å². The summed E-state index contributed by atoms with van der Waals surface area (Å²) in [5.74, 6) is 1.17. The van der Waals surface area contributed by atoms with Crippen LogP contribution < -0.4 is 10.6 Å². The predicted octanol–water partition coefficient (Wildman–Crippen LogP) is 1.17. The molecule has 1 atom stereocenters. The van der Waals surface area contributed by atoms with Gasteiger partial charge in [-0.3, -0.25) is 0 Å². The van der Waals surface area contributed by atoms with E-state index in [2.05, 4.69) is 33.2 Å². The molecule has 1 aromatic heterocycles. The van der Waals surface area contributed by atoms with Crippen LogP contribution in [0.15, 0.2) is 15.8 Å². The number of aliphatic imine (C=N–C) groups is 1. The van der Waals surface area contributed by atoms with Gasteiger partial charge in [0.25, 0.3) is 0 Å². The number of amidine groups is 1. The van der Waals surface area contributed by atoms with E-state index in [4.69, 9.17) is 4.99 Å². The van der Waals surface area contributed by atoms with Gasteiger partial charge in [-0.2, -0.15) is 0 Å². The molecule has 16 heavy (non-hydrogen) atoms. The second-order valence-electron chi connectivity index (χ2n) is 4.21. The van der Waals surface area contributed by atoms with E-state index in [1.165, 1.54) is 17.1 Å². The van der Waals surface area contributed by atoms with Crippen LogP contribution in [0.2, 0.25) is 0 Å². The van der Waals surface area contributed by atoms with Crippen molar-refractivity contribution in [1.82, 2.24) is 10.2 Å². The number of fused-ring (bicyclic) bond motifs is 1. The Kier molecular flexibility index (Phi) is 2.57. The quantitative estimate of drug-likeness (QED) is 0.710. The Morgan fingerprint density at radius 1 is 1.38 bits per heavy atom. The summed E-state index contributed by atoms with van der Waals surface area (Å²) in [7, 11) is 0. The van der Waals surface area contributed by atoms with Gasteiger partial charge < -0.3 is 15.5 Å². The molecule has 0 bridgehead atoms. The Balaban J connectivity index is 1.92. The second-order valence-corrected chi connectivity index (χ2v) is 4.95. The van der Waals surface area contributed by atoms with Gasteiger partial charge in [0.15, 0.2) is 0 Å². The van der Waals surface area contributed by atoms with Gasteiger partial charge in [-0.1, -0.05) is 0 Å². The van der Waals surface area contributed by atoms with Crippen molar-refractivity contribution in [3.8, 4) is 0 Å². The maximum Gasteiger partial charge on any atom is 0.136 e. The van der Waals surface area contributed by atoms with Crippen molar-refractivity contribution in [1.29, 1.82) is 0 Å². The first-order valence-corrected chi connectivity index (χ1v) is 6.65. The number of nitrogens with zero attached hydrogens (tertiary/aromatic N) is 2. The normalized spacial score (nSPS) is 24.7. The van der Waals surface area contributed by atoms with Crippen molar-refractivity contribution in [2.75, 3.05) is 31.5 Å². The summed E-state index contributed by atoms with van der Waals surface area (Å²) in [5.41, 5.74) is 2.51. The van der Waals surface area contributed by atoms with Crippen molar-refractivity contribution >= 4 is 22.9 Å². The maximum absolute atomic E-state index is 4.73. The van der Waals surface area contributed by atoms with Crippen molar-refractivity contribution in [3.63, 3.8) is 0 Å². The van der Waals surface area contributed by atoms with Crippen LogP contribution in [0.3, 0.4) is 0 Å². The molecule has 0 aliphatic carbocycles. The van der Waals surface area contributed by atoms with Gasteiger partial charge >= 0.3 is 0 Å². The number of anilines is 1. The monoisotopic (exact) mass is 236 g/mol. The molecule has 1 fully saturated rings. The predicted molar refractivity (Wildman–Crippen MR) is 68.4 cm³/mol. The van der Waals surface area contributed by atoms with Gasteiger partial charge in [0.1, 0.15) is 12.0 Å². The molecule has 0 amide bonds. The Morgan fingerprint density at radius 3 is 3.00 bits per heavy atom. The lowest BCUT2D eigenvalue weighted by molar-refractivity contribution is 0.356. The zero-order valence-corrected chi connectivity index (χ0v) is 10.2. The number of hydrogen-bond donors (Lipinski definition) is 2. The summed E-state index contributed by atoms with van der Waals surface area (Å²) >= 11 is 1.74. The van der Waals surface area contributed by atoms with Gasteiger partial charge in [-0.15, -0.1) is 11.3 Å². The first-order chi connectivity index (χ1) is 7.84. The molecule has 0 aromatic carbocycles. The average molecular weight is 236 g/mol. The lowest BCUT2D eigenvalue weighted by Gasteiger charge is -2.33. The van der Waals surface area contributed by atoms with Gasteiger partial charge in [-0.25, -0.2) is 4.99 Å². The third kappa shape index (κ3) is 1.70. The summed E-state index contributed by atoms with van der Waals surface area (Å²) in [6.45, 7) is 6.32. The van der Waals surface area contributed by atoms with E-state index in [1.807, 2.05) is 0 Å². The highest BCUT2D eigenvalue weighted by atomic mass is 32.1. The molecule has 3 rings (SSSR count). The fourth-order valence-corrected chi connectivity index (χ4v) is 2.99. The zero-order valence-electron chi connectivity index (χ0n) is 9.36. The Bertz CT molecular complexity index is 406. The summed E-state index contributed by atoms with van der Waals surface area (Å²) in [4.78, 5) is 7.12. The molecule has 0 saturated carbocycles. The standard InChI is InChI=1S/C11H16N4S/c1-8-13-10-7-16-6-9(10)11(14-8)15-4-2-12-3-5-15/h6-8,12-13H,2-5H2,1H3. The van der Waals surface area contributed by atoms with Crippen LogP contribution in [-0.4, -0.2) is 43.1 Å². The molecular formula is C11H16N4S. The molecule has 5 heteroatoms. The van der Waals surface area contributed by atoms with Gasteiger partial charge in [0.2, 0.25) is 0 Å². The van der Waals surface area contributed by atoms with E-state index in [0.717, 1.165) is 26.2 Å². The van der Waals surface area contributed by atoms with Crippen molar-refractivity contribution < 1.29 is 0 Å². The van der Waals surface area contributed by atoms with Crippen LogP contribution in [0.25, 0.3) is 0 Å². The molecule has 4 nitrogen and oxygen atoms in total. The van der Waals surface area contributed by atoms with E-state index in [-0.39, 0.29) is 6.17 Å². The smallest absolute Gasteiger partial charge is 0.136 e. The Labute approximate surface area is 99.4 Å². The van der Waals surface area contributed by atoms with E-state index in [0.29, 0.717) is 0 Å². The van der Waals surface area contributed by atoms with E-state index >= 15 is 0 Å². The van der Waals surface area contributed by atoms with Crippen molar-refractivity contribution in [2.45, 2.75) is 13.1 Å². The fourth-order valence-electron chi connectivity index (χ4n) is 2.22. The molecule has 1 aromatic rings. The van der Waals surface area contributed by atoms with Crippen LogP contribution in [0.5, 0.6) is 0 Å². The van der Waals surface area contributed by atoms with Crippen LogP contribution in [-0.2, 0) is 0 Å². The number of nitrogens with one attached hydrogen (secondary N) is 2. The molecule has 86 valence electrons. The molecule has 3 heterocycles. The second kappa shape index (κ2) is 4.07. The minimum atomic E-state index is 0.187. The Morgan fingerprint density at radius 2 is 2.19 bits per heavy atom. The minimum absolute atomic E-state index is 0.187. The van der Waals surface area contributed by atoms with Crippen molar-refractivity contribution in [2.24, 2.45) is 4.99 Å². The fraction of sp³-hybridized carbons (Fsp3) is 0.545. The first kappa shape index (κ1) is 10.1. The zero-order chi connectivity index (χ0) is 11.0. The number of hydrogen-bond acceptors (Lipinski definition) is 5. The third-order valence-corrected chi connectivity index (χ3v) is 3.74. The highest BCUT2D eigenvalue weighted by Crippen LogP contribution is 2.27. The van der Waals surface area contributed by atoms with Gasteiger partial charge in [0.05, 0.1) is 11.3 Å². The lowest BCUT2D eigenvalue weighted by Crippen LogP contribution is -2.48. The topological polar surface area (TPSA) is 39.7 Å². The molecule has 0 radical (unpaired) electrons. The molecule has 0 spiro atoms. The summed E-state index contributed by atoms with van der Waals surface area (Å²) < 4.78 is 0. The first-order valence-electron chi connectivity index (χ1n) is 5.71. The molecule has 2 N–H and O–H groups in total. The van der Waals surface area contributed by atoms with E-state index < -0.39 is 0 Å². The molecule has 2 aliphatic heterocycles. The van der Waals surface area contributed by atoms with E-state index in [1.54, 1.807) is 11.3 Å². The number of thiophene rings is 1. The van der Waals surface area contributed by atoms with E-state index in [9.17, 15) is 0 Å². The minimum Gasteiger partial charge on any atom is -0.363 e. The summed E-state index contributed by atoms with van der Waals surface area (Å²) in [5, 5.41) is 11.1. The van der Waals surface area contributed by atoms with Crippen LogP contribution in [0, 0.1) is 0 Å². The average Bonchev–Trinajstić information content (AvgIpc) is 2.77. The molecular weight excluding hydrogens is 220 g/mol. The maximum atomic E-state index is 4.73. The van der Waals surface area contributed by atoms with Gasteiger partial charge in [0, 0.05) is 36.9 Å². The third-order valence-electron chi connectivity index (χ3n) is 3.00. The van der Waals surface area contributed by atoms with Gasteiger partial charge in [-0.05, 0) is 6.92 Å².